The second-order valence-corrected chi connectivity index (χ2v) is 4.68. The molecule has 0 unspecified atom stereocenters. The van der Waals surface area contributed by atoms with Crippen molar-refractivity contribution >= 4 is 11.6 Å². The summed E-state index contributed by atoms with van der Waals surface area (Å²) in [5.41, 5.74) is 2.80. The summed E-state index contributed by atoms with van der Waals surface area (Å²) < 4.78 is 0. The van der Waals surface area contributed by atoms with Gasteiger partial charge in [-0.1, -0.05) is 0 Å². The normalized spacial score (nSPS) is 10.3. The number of aromatic amines is 1. The van der Waals surface area contributed by atoms with Crippen LogP contribution in [0.3, 0.4) is 0 Å². The zero-order valence-electron chi connectivity index (χ0n) is 11.9. The molecule has 0 aliphatic carbocycles. The third kappa shape index (κ3) is 3.60. The van der Waals surface area contributed by atoms with Gasteiger partial charge in [0.1, 0.15) is 5.82 Å². The first kappa shape index (κ1) is 14.1. The van der Waals surface area contributed by atoms with Crippen molar-refractivity contribution in [3.63, 3.8) is 0 Å². The van der Waals surface area contributed by atoms with E-state index in [1.807, 2.05) is 32.2 Å². The van der Waals surface area contributed by atoms with Crippen molar-refractivity contribution in [3.05, 3.63) is 47.5 Å². The van der Waals surface area contributed by atoms with Crippen LogP contribution >= 0.6 is 0 Å². The third-order valence-corrected chi connectivity index (χ3v) is 3.19. The lowest BCUT2D eigenvalue weighted by Crippen LogP contribution is -2.25. The molecule has 1 aromatic heterocycles. The molecule has 3 N–H and O–H groups in total. The maximum atomic E-state index is 12.0. The van der Waals surface area contributed by atoms with Gasteiger partial charge in [-0.25, -0.2) is 4.98 Å². The molecule has 2 rings (SSSR count). The molecule has 0 radical (unpaired) electrons. The first-order valence-electron chi connectivity index (χ1n) is 6.75. The fourth-order valence-electron chi connectivity index (χ4n) is 2.08. The highest BCUT2D eigenvalue weighted by atomic mass is 16.1. The lowest BCUT2D eigenvalue weighted by atomic mass is 10.1. The van der Waals surface area contributed by atoms with E-state index in [4.69, 9.17) is 0 Å². The number of nitrogens with one attached hydrogen (secondary N) is 3. The van der Waals surface area contributed by atoms with E-state index in [2.05, 4.69) is 20.6 Å². The van der Waals surface area contributed by atoms with Crippen molar-refractivity contribution in [1.82, 2.24) is 15.3 Å². The highest BCUT2D eigenvalue weighted by molar-refractivity contribution is 5.94. The Morgan fingerprint density at radius 1 is 1.40 bits per heavy atom. The van der Waals surface area contributed by atoms with E-state index in [9.17, 15) is 4.79 Å². The molecule has 0 bridgehead atoms. The first-order valence-corrected chi connectivity index (χ1v) is 6.75. The molecule has 0 saturated carbocycles. The average Bonchev–Trinajstić information content (AvgIpc) is 2.96. The topological polar surface area (TPSA) is 69.8 Å². The van der Waals surface area contributed by atoms with Gasteiger partial charge in [0.05, 0.1) is 0 Å². The van der Waals surface area contributed by atoms with Gasteiger partial charge < -0.3 is 15.6 Å². The summed E-state index contributed by atoms with van der Waals surface area (Å²) in [6, 6.07) is 5.65. The van der Waals surface area contributed by atoms with Crippen LogP contribution in [0.5, 0.6) is 0 Å². The van der Waals surface area contributed by atoms with Crippen LogP contribution in [0.4, 0.5) is 5.69 Å². The molecule has 0 aliphatic heterocycles. The number of rotatable bonds is 6. The van der Waals surface area contributed by atoms with Gasteiger partial charge in [-0.05, 0) is 37.1 Å². The van der Waals surface area contributed by atoms with Gasteiger partial charge in [-0.2, -0.15) is 0 Å². The SMILES string of the molecule is CNc1ccc(C(=O)NCCCc2ncc[nH]2)cc1C. The number of hydrogen-bond donors (Lipinski definition) is 3. The minimum atomic E-state index is -0.0322. The number of aryl methyl sites for hydroxylation is 2. The van der Waals surface area contributed by atoms with Crippen molar-refractivity contribution in [2.45, 2.75) is 19.8 Å². The fraction of sp³-hybridized carbons (Fsp3) is 0.333. The van der Waals surface area contributed by atoms with Crippen molar-refractivity contribution < 1.29 is 4.79 Å². The summed E-state index contributed by atoms with van der Waals surface area (Å²) in [5, 5.41) is 6.01. The molecular weight excluding hydrogens is 252 g/mol. The smallest absolute Gasteiger partial charge is 0.251 e. The van der Waals surface area contributed by atoms with Gasteiger partial charge in [0.2, 0.25) is 0 Å². The van der Waals surface area contributed by atoms with Gasteiger partial charge in [0.15, 0.2) is 0 Å². The monoisotopic (exact) mass is 272 g/mol. The second kappa shape index (κ2) is 6.75. The Labute approximate surface area is 118 Å². The minimum absolute atomic E-state index is 0.0322. The molecule has 1 aromatic carbocycles. The summed E-state index contributed by atoms with van der Waals surface area (Å²) in [7, 11) is 1.87. The maximum Gasteiger partial charge on any atom is 0.251 e. The number of imidazole rings is 1. The molecule has 1 amide bonds. The number of benzene rings is 1. The Balaban J connectivity index is 1.81. The number of hydrogen-bond acceptors (Lipinski definition) is 3. The summed E-state index contributed by atoms with van der Waals surface area (Å²) in [6.07, 6.45) is 5.25. The molecule has 0 saturated heterocycles. The summed E-state index contributed by atoms with van der Waals surface area (Å²) >= 11 is 0. The summed E-state index contributed by atoms with van der Waals surface area (Å²) in [5.74, 6) is 0.920. The van der Waals surface area contributed by atoms with E-state index in [-0.39, 0.29) is 5.91 Å². The number of nitrogens with zero attached hydrogens (tertiary/aromatic N) is 1. The van der Waals surface area contributed by atoms with E-state index in [1.54, 1.807) is 12.4 Å². The molecule has 0 fully saturated rings. The summed E-state index contributed by atoms with van der Waals surface area (Å²) in [6.45, 7) is 2.63. The average molecular weight is 272 g/mol. The molecule has 0 aliphatic rings. The van der Waals surface area contributed by atoms with Crippen LogP contribution in [-0.2, 0) is 6.42 Å². The Morgan fingerprint density at radius 3 is 2.90 bits per heavy atom. The summed E-state index contributed by atoms with van der Waals surface area (Å²) in [4.78, 5) is 19.2. The molecule has 0 atom stereocenters. The molecule has 1 heterocycles. The number of carbonyl (C=O) groups is 1. The van der Waals surface area contributed by atoms with Gasteiger partial charge in [-0.3, -0.25) is 4.79 Å². The van der Waals surface area contributed by atoms with E-state index in [1.165, 1.54) is 0 Å². The van der Waals surface area contributed by atoms with E-state index >= 15 is 0 Å². The minimum Gasteiger partial charge on any atom is -0.388 e. The van der Waals surface area contributed by atoms with Crippen LogP contribution in [0.15, 0.2) is 30.6 Å². The molecule has 5 heteroatoms. The van der Waals surface area contributed by atoms with Crippen LogP contribution in [-0.4, -0.2) is 29.5 Å². The van der Waals surface area contributed by atoms with Crippen molar-refractivity contribution in [2.75, 3.05) is 18.9 Å². The molecule has 2 aromatic rings. The Kier molecular flexibility index (Phi) is 4.76. The Bertz CT molecular complexity index is 563. The van der Waals surface area contributed by atoms with Crippen LogP contribution in [0.25, 0.3) is 0 Å². The highest BCUT2D eigenvalue weighted by Gasteiger charge is 2.06. The third-order valence-electron chi connectivity index (χ3n) is 3.19. The van der Waals surface area contributed by atoms with E-state index in [0.717, 1.165) is 29.9 Å². The van der Waals surface area contributed by atoms with Crippen molar-refractivity contribution in [1.29, 1.82) is 0 Å². The molecule has 20 heavy (non-hydrogen) atoms. The molecular formula is C15H20N4O. The zero-order chi connectivity index (χ0) is 14.4. The van der Waals surface area contributed by atoms with Crippen LogP contribution in [0.1, 0.15) is 28.2 Å². The molecule has 5 nitrogen and oxygen atoms in total. The van der Waals surface area contributed by atoms with Gasteiger partial charge in [-0.15, -0.1) is 0 Å². The van der Waals surface area contributed by atoms with Crippen LogP contribution < -0.4 is 10.6 Å². The van der Waals surface area contributed by atoms with Crippen LogP contribution in [0.2, 0.25) is 0 Å². The zero-order valence-corrected chi connectivity index (χ0v) is 11.9. The Morgan fingerprint density at radius 2 is 2.25 bits per heavy atom. The fourth-order valence-corrected chi connectivity index (χ4v) is 2.08. The van der Waals surface area contributed by atoms with E-state index in [0.29, 0.717) is 12.1 Å². The highest BCUT2D eigenvalue weighted by Crippen LogP contribution is 2.15. The lowest BCUT2D eigenvalue weighted by molar-refractivity contribution is 0.0953. The number of carbonyl (C=O) groups excluding carboxylic acids is 1. The standard InChI is InChI=1S/C15H20N4O/c1-11-10-12(5-6-13(11)16-2)15(20)19-7-3-4-14-17-8-9-18-14/h5-6,8-10,16H,3-4,7H2,1-2H3,(H,17,18)(H,19,20). The first-order chi connectivity index (χ1) is 9.70. The number of anilines is 1. The number of amides is 1. The number of aromatic nitrogens is 2. The second-order valence-electron chi connectivity index (χ2n) is 4.68. The van der Waals surface area contributed by atoms with Crippen LogP contribution in [0, 0.1) is 6.92 Å². The van der Waals surface area contributed by atoms with Crippen molar-refractivity contribution in [2.24, 2.45) is 0 Å². The van der Waals surface area contributed by atoms with Gasteiger partial charge in [0.25, 0.3) is 5.91 Å². The van der Waals surface area contributed by atoms with Crippen molar-refractivity contribution in [3.8, 4) is 0 Å². The molecule has 0 spiro atoms. The largest absolute Gasteiger partial charge is 0.388 e. The Hall–Kier alpha value is -2.30. The van der Waals surface area contributed by atoms with E-state index < -0.39 is 0 Å². The number of H-pyrrole nitrogens is 1. The maximum absolute atomic E-state index is 12.0. The predicted molar refractivity (Wildman–Crippen MR) is 80.0 cm³/mol. The van der Waals surface area contributed by atoms with Gasteiger partial charge >= 0.3 is 0 Å². The predicted octanol–water partition coefficient (Wildman–Crippen LogP) is 2.12. The lowest BCUT2D eigenvalue weighted by Gasteiger charge is -2.08. The quantitative estimate of drug-likeness (QED) is 0.705. The molecule has 106 valence electrons. The van der Waals surface area contributed by atoms with Gasteiger partial charge in [0, 0.05) is 43.7 Å².